The Morgan fingerprint density at radius 1 is 1.80 bits per heavy atom. The summed E-state index contributed by atoms with van der Waals surface area (Å²) in [7, 11) is 0. The summed E-state index contributed by atoms with van der Waals surface area (Å²) in [6, 6.07) is 1.05. The number of aromatic nitrogens is 2. The maximum Gasteiger partial charge on any atom is 0.321 e. The van der Waals surface area contributed by atoms with Gasteiger partial charge in [0.15, 0.2) is 0 Å². The SMILES string of the molecule is CCn1nccc1C1(C(N)C(=O)O)CC1. The number of hydrogen-bond acceptors (Lipinski definition) is 3. The quantitative estimate of drug-likeness (QED) is 0.749. The summed E-state index contributed by atoms with van der Waals surface area (Å²) in [6.45, 7) is 2.73. The van der Waals surface area contributed by atoms with E-state index < -0.39 is 12.0 Å². The molecule has 1 atom stereocenters. The minimum atomic E-state index is -0.934. The number of aliphatic carboxylic acids is 1. The van der Waals surface area contributed by atoms with Gasteiger partial charge in [-0.1, -0.05) is 0 Å². The zero-order valence-corrected chi connectivity index (χ0v) is 8.68. The van der Waals surface area contributed by atoms with Crippen LogP contribution in [0.5, 0.6) is 0 Å². The molecule has 15 heavy (non-hydrogen) atoms. The van der Waals surface area contributed by atoms with Crippen molar-refractivity contribution in [1.82, 2.24) is 9.78 Å². The van der Waals surface area contributed by atoms with Crippen molar-refractivity contribution in [2.45, 2.75) is 37.8 Å². The van der Waals surface area contributed by atoms with Crippen LogP contribution in [-0.4, -0.2) is 26.9 Å². The largest absolute Gasteiger partial charge is 0.480 e. The lowest BCUT2D eigenvalue weighted by Gasteiger charge is -2.20. The Morgan fingerprint density at radius 3 is 2.93 bits per heavy atom. The number of nitrogens with zero attached hydrogens (tertiary/aromatic N) is 2. The van der Waals surface area contributed by atoms with Crippen molar-refractivity contribution >= 4 is 5.97 Å². The van der Waals surface area contributed by atoms with Crippen LogP contribution < -0.4 is 5.73 Å². The molecule has 0 aliphatic heterocycles. The molecule has 0 saturated heterocycles. The van der Waals surface area contributed by atoms with Gasteiger partial charge in [0.05, 0.1) is 0 Å². The molecular formula is C10H15N3O2. The molecule has 1 fully saturated rings. The molecule has 5 nitrogen and oxygen atoms in total. The van der Waals surface area contributed by atoms with Gasteiger partial charge in [0.1, 0.15) is 6.04 Å². The van der Waals surface area contributed by atoms with Gasteiger partial charge in [-0.15, -0.1) is 0 Å². The van der Waals surface area contributed by atoms with Gasteiger partial charge in [-0.05, 0) is 25.8 Å². The van der Waals surface area contributed by atoms with Gasteiger partial charge in [-0.2, -0.15) is 5.10 Å². The Hall–Kier alpha value is -1.36. The summed E-state index contributed by atoms with van der Waals surface area (Å²) in [6.07, 6.45) is 3.38. The van der Waals surface area contributed by atoms with Gasteiger partial charge < -0.3 is 10.8 Å². The highest BCUT2D eigenvalue weighted by atomic mass is 16.4. The maximum atomic E-state index is 10.9. The standard InChI is InChI=1S/C10H15N3O2/c1-2-13-7(3-6-12-13)10(4-5-10)8(11)9(14)15/h3,6,8H,2,4-5,11H2,1H3,(H,14,15). The van der Waals surface area contributed by atoms with E-state index in [0.717, 1.165) is 25.1 Å². The van der Waals surface area contributed by atoms with E-state index in [0.29, 0.717) is 0 Å². The molecule has 1 heterocycles. The first-order valence-corrected chi connectivity index (χ1v) is 5.12. The average molecular weight is 209 g/mol. The lowest BCUT2D eigenvalue weighted by Crippen LogP contribution is -2.43. The summed E-state index contributed by atoms with van der Waals surface area (Å²) in [5.41, 5.74) is 6.31. The zero-order valence-electron chi connectivity index (χ0n) is 8.68. The van der Waals surface area contributed by atoms with E-state index in [1.807, 2.05) is 17.7 Å². The first-order valence-electron chi connectivity index (χ1n) is 5.12. The molecule has 0 bridgehead atoms. The van der Waals surface area contributed by atoms with E-state index in [9.17, 15) is 4.79 Å². The van der Waals surface area contributed by atoms with Gasteiger partial charge in [0, 0.05) is 23.9 Å². The fraction of sp³-hybridized carbons (Fsp3) is 0.600. The molecule has 1 aromatic heterocycles. The van der Waals surface area contributed by atoms with E-state index in [1.165, 1.54) is 0 Å². The molecule has 1 unspecified atom stereocenters. The molecular weight excluding hydrogens is 194 g/mol. The van der Waals surface area contributed by atoms with Gasteiger partial charge in [-0.3, -0.25) is 9.48 Å². The molecule has 0 amide bonds. The Bertz CT molecular complexity index is 382. The minimum Gasteiger partial charge on any atom is -0.480 e. The summed E-state index contributed by atoms with van der Waals surface area (Å²) < 4.78 is 1.83. The first kappa shape index (κ1) is 10.2. The van der Waals surface area contributed by atoms with Crippen molar-refractivity contribution in [3.8, 4) is 0 Å². The third-order valence-corrected chi connectivity index (χ3v) is 3.18. The molecule has 2 rings (SSSR count). The van der Waals surface area contributed by atoms with Crippen molar-refractivity contribution in [2.24, 2.45) is 5.73 Å². The van der Waals surface area contributed by atoms with Crippen molar-refractivity contribution < 1.29 is 9.90 Å². The van der Waals surface area contributed by atoms with Gasteiger partial charge in [0.25, 0.3) is 0 Å². The van der Waals surface area contributed by atoms with Crippen LogP contribution in [-0.2, 0) is 16.8 Å². The smallest absolute Gasteiger partial charge is 0.321 e. The van der Waals surface area contributed by atoms with Crippen LogP contribution in [0.1, 0.15) is 25.5 Å². The normalized spacial score (nSPS) is 19.9. The predicted octanol–water partition coefficient (Wildman–Crippen LogP) is 0.346. The first-order chi connectivity index (χ1) is 7.12. The number of rotatable bonds is 4. The Labute approximate surface area is 87.9 Å². The lowest BCUT2D eigenvalue weighted by molar-refractivity contribution is -0.139. The second-order valence-electron chi connectivity index (χ2n) is 4.00. The molecule has 1 aromatic rings. The molecule has 1 aliphatic carbocycles. The summed E-state index contributed by atoms with van der Waals surface area (Å²) in [4.78, 5) is 10.9. The summed E-state index contributed by atoms with van der Waals surface area (Å²) in [5.74, 6) is -0.934. The Balaban J connectivity index is 2.34. The van der Waals surface area contributed by atoms with Gasteiger partial charge in [0.2, 0.25) is 0 Å². The van der Waals surface area contributed by atoms with Gasteiger partial charge in [-0.25, -0.2) is 0 Å². The fourth-order valence-corrected chi connectivity index (χ4v) is 2.11. The predicted molar refractivity (Wildman–Crippen MR) is 54.4 cm³/mol. The Morgan fingerprint density at radius 2 is 2.47 bits per heavy atom. The minimum absolute atomic E-state index is 0.377. The number of hydrogen-bond donors (Lipinski definition) is 2. The molecule has 0 spiro atoms. The van der Waals surface area contributed by atoms with Crippen LogP contribution in [0.2, 0.25) is 0 Å². The highest BCUT2D eigenvalue weighted by Crippen LogP contribution is 2.50. The van der Waals surface area contributed by atoms with Crippen molar-refractivity contribution in [1.29, 1.82) is 0 Å². The zero-order chi connectivity index (χ0) is 11.1. The van der Waals surface area contributed by atoms with Crippen LogP contribution in [0, 0.1) is 0 Å². The van der Waals surface area contributed by atoms with E-state index in [4.69, 9.17) is 10.8 Å². The number of nitrogens with two attached hydrogens (primary N) is 1. The molecule has 3 N–H and O–H groups in total. The third-order valence-electron chi connectivity index (χ3n) is 3.18. The summed E-state index contributed by atoms with van der Waals surface area (Å²) in [5, 5.41) is 13.1. The molecule has 0 aromatic carbocycles. The molecule has 1 aliphatic rings. The van der Waals surface area contributed by atoms with Crippen LogP contribution >= 0.6 is 0 Å². The lowest BCUT2D eigenvalue weighted by atomic mass is 9.93. The van der Waals surface area contributed by atoms with Crippen LogP contribution in [0.3, 0.4) is 0 Å². The highest BCUT2D eigenvalue weighted by Gasteiger charge is 2.54. The van der Waals surface area contributed by atoms with Crippen molar-refractivity contribution in [2.75, 3.05) is 0 Å². The number of carboxylic acid groups (broad SMARTS) is 1. The number of carboxylic acids is 1. The molecule has 82 valence electrons. The highest BCUT2D eigenvalue weighted by molar-refractivity contribution is 5.76. The topological polar surface area (TPSA) is 81.1 Å². The monoisotopic (exact) mass is 209 g/mol. The maximum absolute atomic E-state index is 10.9. The van der Waals surface area contributed by atoms with Gasteiger partial charge >= 0.3 is 5.97 Å². The third kappa shape index (κ3) is 1.43. The Kier molecular flexibility index (Phi) is 2.26. The van der Waals surface area contributed by atoms with Crippen LogP contribution in [0.25, 0.3) is 0 Å². The number of carbonyl (C=O) groups is 1. The average Bonchev–Trinajstić information content (AvgIpc) is 2.88. The second-order valence-corrected chi connectivity index (χ2v) is 4.00. The van der Waals surface area contributed by atoms with E-state index in [-0.39, 0.29) is 5.41 Å². The van der Waals surface area contributed by atoms with Crippen LogP contribution in [0.15, 0.2) is 12.3 Å². The molecule has 0 radical (unpaired) electrons. The molecule has 5 heteroatoms. The van der Waals surface area contributed by atoms with Crippen molar-refractivity contribution in [3.63, 3.8) is 0 Å². The molecule has 1 saturated carbocycles. The van der Waals surface area contributed by atoms with E-state index in [2.05, 4.69) is 5.10 Å². The fourth-order valence-electron chi connectivity index (χ4n) is 2.11. The van der Waals surface area contributed by atoms with Crippen molar-refractivity contribution in [3.05, 3.63) is 18.0 Å². The number of aryl methyl sites for hydroxylation is 1. The van der Waals surface area contributed by atoms with E-state index >= 15 is 0 Å². The second kappa shape index (κ2) is 3.34. The summed E-state index contributed by atoms with van der Waals surface area (Å²) >= 11 is 0. The van der Waals surface area contributed by atoms with E-state index in [1.54, 1.807) is 6.20 Å². The van der Waals surface area contributed by atoms with Crippen LogP contribution in [0.4, 0.5) is 0 Å².